The number of hydrogen-bond acceptors (Lipinski definition) is 8. The monoisotopic (exact) mass is 284 g/mol. The number of aromatic nitrogens is 2. The van der Waals surface area contributed by atoms with Gasteiger partial charge in [-0.05, 0) is 13.8 Å². The first-order valence-corrected chi connectivity index (χ1v) is 7.93. The van der Waals surface area contributed by atoms with Crippen LogP contribution in [-0.4, -0.2) is 29.7 Å². The molecular weight excluding hydrogens is 271 g/mol. The molecule has 92 valence electrons. The molecule has 0 saturated heterocycles. The van der Waals surface area contributed by atoms with E-state index >= 15 is 0 Å². The molecule has 6 nitrogen and oxygen atoms in total. The van der Waals surface area contributed by atoms with Crippen LogP contribution < -0.4 is 9.26 Å². The molecule has 0 saturated carbocycles. The van der Waals surface area contributed by atoms with Gasteiger partial charge in [0, 0.05) is 23.3 Å². The van der Waals surface area contributed by atoms with Gasteiger partial charge in [0.05, 0.1) is 20.3 Å². The summed E-state index contributed by atoms with van der Waals surface area (Å²) in [5.74, 6) is 0. The number of methoxy groups -OCH3 is 1. The van der Waals surface area contributed by atoms with Crippen LogP contribution in [0.5, 0.6) is 11.2 Å². The third-order valence-corrected chi connectivity index (χ3v) is 4.38. The second-order valence-electron chi connectivity index (χ2n) is 2.42. The van der Waals surface area contributed by atoms with E-state index in [-0.39, 0.29) is 6.01 Å². The number of ether oxygens (including phenoxy) is 1. The number of rotatable bonds is 7. The van der Waals surface area contributed by atoms with Crippen LogP contribution >= 0.6 is 18.3 Å². The van der Waals surface area contributed by atoms with E-state index in [4.69, 9.17) is 30.1 Å². The van der Waals surface area contributed by atoms with Gasteiger partial charge < -0.3 is 9.26 Å². The van der Waals surface area contributed by atoms with Crippen molar-refractivity contribution >= 4 is 30.1 Å². The Labute approximate surface area is 103 Å². The third kappa shape index (κ3) is 3.95. The first-order valence-electron chi connectivity index (χ1n) is 4.60. The quantitative estimate of drug-likeness (QED) is 0.711. The van der Waals surface area contributed by atoms with Gasteiger partial charge in [-0.25, -0.2) is 0 Å². The molecular formula is C7H13N2O4PS2. The fourth-order valence-corrected chi connectivity index (χ4v) is 3.23. The van der Waals surface area contributed by atoms with Gasteiger partial charge >= 0.3 is 12.7 Å². The normalized spacial score (nSPS) is 11.4. The highest BCUT2D eigenvalue weighted by Gasteiger charge is 2.23. The summed E-state index contributed by atoms with van der Waals surface area (Å²) in [4.78, 5) is 3.94. The first kappa shape index (κ1) is 13.8. The lowest BCUT2D eigenvalue weighted by Gasteiger charge is -2.18. The van der Waals surface area contributed by atoms with Crippen molar-refractivity contribution in [1.29, 1.82) is 0 Å². The second kappa shape index (κ2) is 6.46. The Morgan fingerprint density at radius 2 is 1.94 bits per heavy atom. The molecule has 1 rings (SSSR count). The van der Waals surface area contributed by atoms with Gasteiger partial charge in [0.2, 0.25) is 0 Å². The van der Waals surface area contributed by atoms with Gasteiger partial charge in [-0.3, -0.25) is 9.05 Å². The molecule has 0 radical (unpaired) electrons. The Kier molecular flexibility index (Phi) is 5.57. The largest absolute Gasteiger partial charge is 0.472 e. The summed E-state index contributed by atoms with van der Waals surface area (Å²) < 4.78 is 24.7. The van der Waals surface area contributed by atoms with Crippen molar-refractivity contribution in [1.82, 2.24) is 9.36 Å². The van der Waals surface area contributed by atoms with Crippen molar-refractivity contribution < 1.29 is 18.3 Å². The lowest BCUT2D eigenvalue weighted by atomic mass is 10.9. The SMILES string of the molecule is CCOP(=S)(OCC)Oc1nsc(OC)n1. The number of nitrogens with zero attached hydrogens (tertiary/aromatic N) is 2. The summed E-state index contributed by atoms with van der Waals surface area (Å²) in [6.45, 7) is 1.69. The van der Waals surface area contributed by atoms with Gasteiger partial charge in [0.1, 0.15) is 0 Å². The lowest BCUT2D eigenvalue weighted by Crippen LogP contribution is -2.02. The molecule has 0 amide bonds. The summed E-state index contributed by atoms with van der Waals surface area (Å²) in [5, 5.41) is 0.407. The zero-order valence-corrected chi connectivity index (χ0v) is 11.7. The fourth-order valence-electron chi connectivity index (χ4n) is 0.823. The average Bonchev–Trinajstić information content (AvgIpc) is 2.65. The standard InChI is InChI=1S/C7H13N2O4PS2/c1-4-11-14(15,12-5-2)13-6-8-7(10-3)16-9-6/h4-5H2,1-3H3. The van der Waals surface area contributed by atoms with Crippen LogP contribution in [0.4, 0.5) is 0 Å². The summed E-state index contributed by atoms with van der Waals surface area (Å²) in [6.07, 6.45) is 0. The maximum absolute atomic E-state index is 5.35. The maximum Gasteiger partial charge on any atom is 0.382 e. The van der Waals surface area contributed by atoms with E-state index in [1.807, 2.05) is 13.8 Å². The van der Waals surface area contributed by atoms with E-state index in [0.717, 1.165) is 11.5 Å². The molecule has 0 unspecified atom stereocenters. The lowest BCUT2D eigenvalue weighted by molar-refractivity contribution is 0.214. The highest BCUT2D eigenvalue weighted by atomic mass is 32.5. The molecule has 0 fully saturated rings. The van der Waals surface area contributed by atoms with Crippen molar-refractivity contribution in [2.24, 2.45) is 0 Å². The van der Waals surface area contributed by atoms with Crippen LogP contribution in [0.2, 0.25) is 0 Å². The third-order valence-electron chi connectivity index (χ3n) is 1.33. The average molecular weight is 284 g/mol. The van der Waals surface area contributed by atoms with Gasteiger partial charge in [0.15, 0.2) is 0 Å². The zero-order valence-electron chi connectivity index (χ0n) is 9.21. The van der Waals surface area contributed by atoms with Crippen LogP contribution in [0.15, 0.2) is 0 Å². The van der Waals surface area contributed by atoms with Crippen LogP contribution in [0.1, 0.15) is 13.8 Å². The topological polar surface area (TPSA) is 62.7 Å². The van der Waals surface area contributed by atoms with E-state index in [9.17, 15) is 0 Å². The molecule has 0 N–H and O–H groups in total. The predicted octanol–water partition coefficient (Wildman–Crippen LogP) is 2.22. The van der Waals surface area contributed by atoms with Gasteiger partial charge in [-0.15, -0.1) is 9.36 Å². The van der Waals surface area contributed by atoms with Crippen LogP contribution in [-0.2, 0) is 20.9 Å². The molecule has 0 aliphatic rings. The molecule has 9 heteroatoms. The Morgan fingerprint density at radius 3 is 2.38 bits per heavy atom. The van der Waals surface area contributed by atoms with E-state index in [0.29, 0.717) is 18.4 Å². The van der Waals surface area contributed by atoms with Gasteiger partial charge in [-0.2, -0.15) is 0 Å². The first-order chi connectivity index (χ1) is 7.63. The highest BCUT2D eigenvalue weighted by molar-refractivity contribution is 8.07. The molecule has 1 aromatic heterocycles. The maximum atomic E-state index is 5.35. The summed E-state index contributed by atoms with van der Waals surface area (Å²) in [7, 11) is 1.51. The molecule has 16 heavy (non-hydrogen) atoms. The number of hydrogen-bond donors (Lipinski definition) is 0. The fraction of sp³-hybridized carbons (Fsp3) is 0.714. The smallest absolute Gasteiger partial charge is 0.382 e. The minimum atomic E-state index is -2.78. The van der Waals surface area contributed by atoms with Crippen LogP contribution in [0.3, 0.4) is 0 Å². The van der Waals surface area contributed by atoms with Crippen LogP contribution in [0.25, 0.3) is 0 Å². The Bertz CT molecular complexity index is 363. The minimum Gasteiger partial charge on any atom is -0.472 e. The molecule has 0 aromatic carbocycles. The van der Waals surface area contributed by atoms with Crippen molar-refractivity contribution in [2.75, 3.05) is 20.3 Å². The second-order valence-corrected chi connectivity index (χ2v) is 6.07. The van der Waals surface area contributed by atoms with Gasteiger partial charge in [0.25, 0.3) is 5.19 Å². The molecule has 0 bridgehead atoms. The van der Waals surface area contributed by atoms with Crippen molar-refractivity contribution in [3.63, 3.8) is 0 Å². The van der Waals surface area contributed by atoms with E-state index in [2.05, 4.69) is 9.36 Å². The van der Waals surface area contributed by atoms with Gasteiger partial charge in [-0.1, -0.05) is 0 Å². The Balaban J connectivity index is 2.71. The molecule has 0 aliphatic carbocycles. The van der Waals surface area contributed by atoms with Crippen molar-refractivity contribution in [3.8, 4) is 11.2 Å². The van der Waals surface area contributed by atoms with E-state index in [1.54, 1.807) is 0 Å². The predicted molar refractivity (Wildman–Crippen MR) is 64.6 cm³/mol. The van der Waals surface area contributed by atoms with E-state index < -0.39 is 6.72 Å². The van der Waals surface area contributed by atoms with E-state index in [1.165, 1.54) is 7.11 Å². The molecule has 1 aromatic rings. The van der Waals surface area contributed by atoms with Crippen LogP contribution in [0, 0.1) is 0 Å². The highest BCUT2D eigenvalue weighted by Crippen LogP contribution is 2.49. The Morgan fingerprint density at radius 1 is 1.31 bits per heavy atom. The van der Waals surface area contributed by atoms with Crippen molar-refractivity contribution in [2.45, 2.75) is 13.8 Å². The molecule has 0 aliphatic heterocycles. The molecule has 0 spiro atoms. The Hall–Kier alpha value is -0.270. The summed E-state index contributed by atoms with van der Waals surface area (Å²) >= 11 is 6.23. The summed E-state index contributed by atoms with van der Waals surface area (Å²) in [5.41, 5.74) is 0. The molecule has 1 heterocycles. The zero-order chi connectivity index (χ0) is 12.0. The minimum absolute atomic E-state index is 0.132. The summed E-state index contributed by atoms with van der Waals surface area (Å²) in [6, 6.07) is 0.132. The van der Waals surface area contributed by atoms with Crippen molar-refractivity contribution in [3.05, 3.63) is 0 Å². The molecule has 0 atom stereocenters.